The minimum absolute atomic E-state index is 0.0889. The fourth-order valence-corrected chi connectivity index (χ4v) is 1.91. The number of urea groups is 1. The molecule has 2 rings (SSSR count). The van der Waals surface area contributed by atoms with E-state index in [1.54, 1.807) is 23.9 Å². The Labute approximate surface area is 104 Å². The third kappa shape index (κ3) is 2.52. The molecule has 1 fully saturated rings. The number of likely N-dealkylation sites (N-methyl/N-ethyl adjacent to an activating group) is 2. The van der Waals surface area contributed by atoms with Crippen LogP contribution in [0, 0.1) is 11.6 Å². The lowest BCUT2D eigenvalue weighted by molar-refractivity contribution is 0.186. The second kappa shape index (κ2) is 4.80. The van der Waals surface area contributed by atoms with Gasteiger partial charge in [0.05, 0.1) is 6.04 Å². The van der Waals surface area contributed by atoms with E-state index in [4.69, 9.17) is 4.74 Å². The quantitative estimate of drug-likeness (QED) is 0.824. The second-order valence-electron chi connectivity index (χ2n) is 4.34. The summed E-state index contributed by atoms with van der Waals surface area (Å²) in [5.41, 5.74) is 0. The summed E-state index contributed by atoms with van der Waals surface area (Å²) in [7, 11) is 3.37. The van der Waals surface area contributed by atoms with E-state index in [1.165, 1.54) is 0 Å². The number of halogens is 2. The van der Waals surface area contributed by atoms with E-state index in [9.17, 15) is 13.6 Å². The Morgan fingerprint density at radius 2 is 1.89 bits per heavy atom. The number of benzene rings is 1. The van der Waals surface area contributed by atoms with Gasteiger partial charge in [-0.3, -0.25) is 0 Å². The molecule has 1 aromatic rings. The monoisotopic (exact) mass is 256 g/mol. The molecular formula is C12H14F2N2O2. The second-order valence-corrected chi connectivity index (χ2v) is 4.34. The maximum atomic E-state index is 12.9. The molecule has 0 N–H and O–H groups in total. The molecule has 1 aliphatic rings. The molecule has 4 nitrogen and oxygen atoms in total. The zero-order chi connectivity index (χ0) is 13.3. The third-order valence-electron chi connectivity index (χ3n) is 2.94. The van der Waals surface area contributed by atoms with Crippen molar-refractivity contribution < 1.29 is 18.3 Å². The lowest BCUT2D eigenvalue weighted by atomic mass is 10.3. The van der Waals surface area contributed by atoms with Crippen molar-refractivity contribution in [3.63, 3.8) is 0 Å². The third-order valence-corrected chi connectivity index (χ3v) is 2.94. The summed E-state index contributed by atoms with van der Waals surface area (Å²) < 4.78 is 31.2. The van der Waals surface area contributed by atoms with Crippen LogP contribution < -0.4 is 4.74 Å². The van der Waals surface area contributed by atoms with Gasteiger partial charge in [-0.25, -0.2) is 13.6 Å². The lowest BCUT2D eigenvalue weighted by Crippen LogP contribution is -2.34. The first-order valence-electron chi connectivity index (χ1n) is 5.54. The molecule has 0 aromatic heterocycles. The molecule has 1 heterocycles. The SMILES string of the molecule is CN1CC(COc2cc(F)cc(F)c2)N(C)C1=O. The van der Waals surface area contributed by atoms with Crippen LogP contribution in [-0.2, 0) is 0 Å². The largest absolute Gasteiger partial charge is 0.491 e. The average molecular weight is 256 g/mol. The van der Waals surface area contributed by atoms with Gasteiger partial charge in [0.15, 0.2) is 0 Å². The molecule has 1 aliphatic heterocycles. The van der Waals surface area contributed by atoms with E-state index in [2.05, 4.69) is 0 Å². The molecule has 0 bridgehead atoms. The van der Waals surface area contributed by atoms with Gasteiger partial charge in [0.25, 0.3) is 0 Å². The standard InChI is InChI=1S/C12H14F2N2O2/c1-15-6-10(16(2)12(15)17)7-18-11-4-8(13)3-9(14)5-11/h3-5,10H,6-7H2,1-2H3. The number of hydrogen-bond donors (Lipinski definition) is 0. The maximum Gasteiger partial charge on any atom is 0.319 e. The van der Waals surface area contributed by atoms with Crippen molar-refractivity contribution in [2.24, 2.45) is 0 Å². The number of carbonyl (C=O) groups excluding carboxylic acids is 1. The Kier molecular flexibility index (Phi) is 3.36. The van der Waals surface area contributed by atoms with E-state index >= 15 is 0 Å². The summed E-state index contributed by atoms with van der Waals surface area (Å²) >= 11 is 0. The highest BCUT2D eigenvalue weighted by atomic mass is 19.1. The van der Waals surface area contributed by atoms with Crippen LogP contribution in [-0.4, -0.2) is 49.1 Å². The molecule has 0 spiro atoms. The van der Waals surface area contributed by atoms with Crippen molar-refractivity contribution in [2.75, 3.05) is 27.2 Å². The van der Waals surface area contributed by atoms with Crippen molar-refractivity contribution in [3.05, 3.63) is 29.8 Å². The van der Waals surface area contributed by atoms with Crippen LogP contribution in [0.2, 0.25) is 0 Å². The Morgan fingerprint density at radius 3 is 2.39 bits per heavy atom. The van der Waals surface area contributed by atoms with E-state index in [0.29, 0.717) is 6.54 Å². The van der Waals surface area contributed by atoms with Gasteiger partial charge in [0.1, 0.15) is 24.0 Å². The number of nitrogens with zero attached hydrogens (tertiary/aromatic N) is 2. The molecule has 18 heavy (non-hydrogen) atoms. The van der Waals surface area contributed by atoms with Crippen LogP contribution in [0.5, 0.6) is 5.75 Å². The van der Waals surface area contributed by atoms with Crippen molar-refractivity contribution in [2.45, 2.75) is 6.04 Å². The number of amides is 2. The number of ether oxygens (including phenoxy) is 1. The van der Waals surface area contributed by atoms with Gasteiger partial charge < -0.3 is 14.5 Å². The van der Waals surface area contributed by atoms with Crippen LogP contribution in [0.15, 0.2) is 18.2 Å². The van der Waals surface area contributed by atoms with Crippen LogP contribution in [0.3, 0.4) is 0 Å². The molecule has 2 amide bonds. The van der Waals surface area contributed by atoms with Crippen molar-refractivity contribution in [1.29, 1.82) is 0 Å². The Bertz CT molecular complexity index is 447. The summed E-state index contributed by atoms with van der Waals surface area (Å²) in [4.78, 5) is 14.6. The first-order chi connectivity index (χ1) is 8.47. The smallest absolute Gasteiger partial charge is 0.319 e. The number of rotatable bonds is 3. The first kappa shape index (κ1) is 12.6. The minimum atomic E-state index is -0.682. The molecule has 0 saturated carbocycles. The van der Waals surface area contributed by atoms with E-state index < -0.39 is 11.6 Å². The fourth-order valence-electron chi connectivity index (χ4n) is 1.91. The van der Waals surface area contributed by atoms with Crippen LogP contribution in [0.25, 0.3) is 0 Å². The summed E-state index contributed by atoms with van der Waals surface area (Å²) in [5, 5.41) is 0. The molecule has 1 aromatic carbocycles. The number of hydrogen-bond acceptors (Lipinski definition) is 2. The molecule has 6 heteroatoms. The molecule has 1 saturated heterocycles. The Morgan fingerprint density at radius 1 is 1.28 bits per heavy atom. The molecule has 98 valence electrons. The first-order valence-corrected chi connectivity index (χ1v) is 5.54. The Hall–Kier alpha value is -1.85. The molecule has 1 atom stereocenters. The zero-order valence-electron chi connectivity index (χ0n) is 10.2. The van der Waals surface area contributed by atoms with Gasteiger partial charge in [0.2, 0.25) is 0 Å². The van der Waals surface area contributed by atoms with E-state index in [1.807, 2.05) is 0 Å². The maximum absolute atomic E-state index is 12.9. The van der Waals surface area contributed by atoms with Crippen LogP contribution >= 0.6 is 0 Å². The van der Waals surface area contributed by atoms with Crippen molar-refractivity contribution >= 4 is 6.03 Å². The average Bonchev–Trinajstić information content (AvgIpc) is 2.53. The zero-order valence-corrected chi connectivity index (χ0v) is 10.2. The summed E-state index contributed by atoms with van der Waals surface area (Å²) in [6, 6.07) is 2.81. The molecule has 1 unspecified atom stereocenters. The normalized spacial score (nSPS) is 19.6. The van der Waals surface area contributed by atoms with E-state index in [-0.39, 0.29) is 24.4 Å². The topological polar surface area (TPSA) is 32.8 Å². The van der Waals surface area contributed by atoms with E-state index in [0.717, 1.165) is 18.2 Å². The Balaban J connectivity index is 1.98. The molecular weight excluding hydrogens is 242 g/mol. The van der Waals surface area contributed by atoms with Crippen molar-refractivity contribution in [3.8, 4) is 5.75 Å². The minimum Gasteiger partial charge on any atom is -0.491 e. The van der Waals surface area contributed by atoms with Crippen LogP contribution in [0.4, 0.5) is 13.6 Å². The van der Waals surface area contributed by atoms with Gasteiger partial charge in [0, 0.05) is 38.8 Å². The highest BCUT2D eigenvalue weighted by molar-refractivity contribution is 5.76. The van der Waals surface area contributed by atoms with Gasteiger partial charge >= 0.3 is 6.03 Å². The predicted octanol–water partition coefficient (Wildman–Crippen LogP) is 1.71. The van der Waals surface area contributed by atoms with Gasteiger partial charge in [-0.05, 0) is 0 Å². The van der Waals surface area contributed by atoms with Gasteiger partial charge in [-0.2, -0.15) is 0 Å². The van der Waals surface area contributed by atoms with Crippen LogP contribution in [0.1, 0.15) is 0 Å². The fraction of sp³-hybridized carbons (Fsp3) is 0.417. The van der Waals surface area contributed by atoms with Gasteiger partial charge in [-0.1, -0.05) is 0 Å². The highest BCUT2D eigenvalue weighted by Gasteiger charge is 2.32. The molecule has 0 radical (unpaired) electrons. The van der Waals surface area contributed by atoms with Crippen molar-refractivity contribution in [1.82, 2.24) is 9.80 Å². The highest BCUT2D eigenvalue weighted by Crippen LogP contribution is 2.18. The van der Waals surface area contributed by atoms with Gasteiger partial charge in [-0.15, -0.1) is 0 Å². The summed E-state index contributed by atoms with van der Waals surface area (Å²) in [6.07, 6.45) is 0. The summed E-state index contributed by atoms with van der Waals surface area (Å²) in [5.74, 6) is -1.24. The lowest BCUT2D eigenvalue weighted by Gasteiger charge is -2.18. The number of carbonyl (C=O) groups is 1. The summed E-state index contributed by atoms with van der Waals surface area (Å²) in [6.45, 7) is 0.739. The predicted molar refractivity (Wildman–Crippen MR) is 61.4 cm³/mol. The molecule has 0 aliphatic carbocycles.